The van der Waals surface area contributed by atoms with E-state index in [0.29, 0.717) is 6.29 Å². The third kappa shape index (κ3) is 5.45. The van der Waals surface area contributed by atoms with E-state index in [4.69, 9.17) is 0 Å². The van der Waals surface area contributed by atoms with E-state index in [1.165, 1.54) is 6.08 Å². The molecule has 0 heterocycles. The highest BCUT2D eigenvalue weighted by atomic mass is 16.2. The average molecular weight is 275 g/mol. The van der Waals surface area contributed by atoms with E-state index >= 15 is 0 Å². The van der Waals surface area contributed by atoms with Crippen molar-refractivity contribution < 1.29 is 14.4 Å². The summed E-state index contributed by atoms with van der Waals surface area (Å²) < 4.78 is 0. The summed E-state index contributed by atoms with van der Waals surface area (Å²) in [4.78, 5) is 33.8. The second-order valence-electron chi connectivity index (χ2n) is 3.92. The van der Waals surface area contributed by atoms with Crippen LogP contribution in [-0.2, 0) is 14.4 Å². The number of benzene rings is 1. The van der Waals surface area contributed by atoms with Crippen LogP contribution in [0.1, 0.15) is 5.56 Å². The zero-order valence-corrected chi connectivity index (χ0v) is 11.2. The lowest BCUT2D eigenvalue weighted by molar-refractivity contribution is -0.138. The zero-order valence-electron chi connectivity index (χ0n) is 11.2. The molecule has 20 heavy (non-hydrogen) atoms. The highest BCUT2D eigenvalue weighted by molar-refractivity contribution is 5.94. The second-order valence-corrected chi connectivity index (χ2v) is 3.92. The highest BCUT2D eigenvalue weighted by Crippen LogP contribution is 2.01. The summed E-state index contributed by atoms with van der Waals surface area (Å²) in [5.74, 6) is -0.860. The van der Waals surface area contributed by atoms with Gasteiger partial charge in [-0.3, -0.25) is 15.0 Å². The Bertz CT molecular complexity index is 486. The number of nitrogens with one attached hydrogen (secondary N) is 2. The summed E-state index contributed by atoms with van der Waals surface area (Å²) >= 11 is 0. The minimum absolute atomic E-state index is 0.0606. The largest absolute Gasteiger partial charge is 0.311 e. The zero-order chi connectivity index (χ0) is 14.8. The van der Waals surface area contributed by atoms with Gasteiger partial charge in [0.05, 0.1) is 13.1 Å². The number of likely N-dealkylation sites (N-methyl/N-ethyl adjacent to an activating group) is 1. The van der Waals surface area contributed by atoms with Crippen molar-refractivity contribution in [1.29, 1.82) is 0 Å². The molecule has 1 rings (SSSR count). The number of hydrogen-bond donors (Lipinski definition) is 2. The number of hydrogen-bond acceptors (Lipinski definition) is 4. The van der Waals surface area contributed by atoms with Gasteiger partial charge in [-0.25, -0.2) is 5.01 Å². The number of carbonyl (C=O) groups excluding carboxylic acids is 3. The van der Waals surface area contributed by atoms with Gasteiger partial charge in [0.1, 0.15) is 6.29 Å². The quantitative estimate of drug-likeness (QED) is 0.434. The van der Waals surface area contributed by atoms with Gasteiger partial charge in [-0.05, 0) is 18.7 Å². The molecule has 0 radical (unpaired) electrons. The summed E-state index contributed by atoms with van der Waals surface area (Å²) in [6, 6.07) is 9.25. The molecule has 0 atom stereocenters. The fourth-order valence-corrected chi connectivity index (χ4v) is 1.44. The maximum atomic E-state index is 11.9. The number of carbonyl (C=O) groups is 3. The van der Waals surface area contributed by atoms with Crippen LogP contribution in [0, 0.1) is 0 Å². The van der Waals surface area contributed by atoms with Crippen molar-refractivity contribution in [2.45, 2.75) is 0 Å². The first kappa shape index (κ1) is 15.6. The molecule has 0 aromatic heterocycles. The van der Waals surface area contributed by atoms with Gasteiger partial charge in [0, 0.05) is 6.08 Å². The number of amides is 2. The number of nitrogens with zero attached hydrogens (tertiary/aromatic N) is 1. The van der Waals surface area contributed by atoms with Crippen molar-refractivity contribution in [3.05, 3.63) is 42.0 Å². The van der Waals surface area contributed by atoms with E-state index in [0.717, 1.165) is 10.6 Å². The molecule has 0 spiro atoms. The van der Waals surface area contributed by atoms with Crippen LogP contribution in [0.15, 0.2) is 36.4 Å². The molecule has 6 heteroatoms. The van der Waals surface area contributed by atoms with Crippen LogP contribution < -0.4 is 10.7 Å². The van der Waals surface area contributed by atoms with Crippen LogP contribution in [-0.4, -0.2) is 43.2 Å². The molecule has 0 unspecified atom stereocenters. The molecule has 0 fully saturated rings. The number of aldehydes is 1. The lowest BCUT2D eigenvalue weighted by Gasteiger charge is -2.19. The molecule has 106 valence electrons. The Kier molecular flexibility index (Phi) is 6.70. The van der Waals surface area contributed by atoms with E-state index in [9.17, 15) is 14.4 Å². The van der Waals surface area contributed by atoms with Gasteiger partial charge in [-0.15, -0.1) is 0 Å². The Morgan fingerprint density at radius 2 is 1.95 bits per heavy atom. The first-order valence-corrected chi connectivity index (χ1v) is 6.09. The minimum Gasteiger partial charge on any atom is -0.311 e. The third-order valence-corrected chi connectivity index (χ3v) is 2.34. The molecule has 2 N–H and O–H groups in total. The first-order chi connectivity index (χ1) is 9.67. The minimum atomic E-state index is -0.467. The molecule has 0 saturated heterocycles. The van der Waals surface area contributed by atoms with Gasteiger partial charge < -0.3 is 10.1 Å². The van der Waals surface area contributed by atoms with E-state index < -0.39 is 11.8 Å². The molecule has 1 aromatic rings. The fourth-order valence-electron chi connectivity index (χ4n) is 1.44. The van der Waals surface area contributed by atoms with E-state index in [2.05, 4.69) is 10.7 Å². The van der Waals surface area contributed by atoms with Crippen molar-refractivity contribution in [2.75, 3.05) is 20.1 Å². The third-order valence-electron chi connectivity index (χ3n) is 2.34. The van der Waals surface area contributed by atoms with Crippen molar-refractivity contribution >= 4 is 24.2 Å². The molecular formula is C14H17N3O3. The van der Waals surface area contributed by atoms with Gasteiger partial charge >= 0.3 is 0 Å². The second kappa shape index (κ2) is 8.60. The SMILES string of the molecule is CNCC(=O)NN(CC=O)C(=O)/C=C/c1ccccc1. The van der Waals surface area contributed by atoms with E-state index in [1.807, 2.05) is 30.3 Å². The van der Waals surface area contributed by atoms with Crippen LogP contribution in [0.3, 0.4) is 0 Å². The Labute approximate surface area is 117 Å². The predicted octanol–water partition coefficient (Wildman–Crippen LogP) is -0.0221. The summed E-state index contributed by atoms with van der Waals surface area (Å²) in [7, 11) is 1.61. The molecule has 6 nitrogen and oxygen atoms in total. The molecule has 0 saturated carbocycles. The lowest BCUT2D eigenvalue weighted by atomic mass is 10.2. The Balaban J connectivity index is 2.66. The standard InChI is InChI=1S/C14H17N3O3/c1-15-11-13(19)16-17(9-10-18)14(20)8-7-12-5-3-2-4-6-12/h2-8,10,15H,9,11H2,1H3,(H,16,19)/b8-7+. The smallest absolute Gasteiger partial charge is 0.265 e. The summed E-state index contributed by atoms with van der Waals surface area (Å²) in [5.41, 5.74) is 3.21. The summed E-state index contributed by atoms with van der Waals surface area (Å²) in [5, 5.41) is 3.62. The van der Waals surface area contributed by atoms with Crippen LogP contribution >= 0.6 is 0 Å². The first-order valence-electron chi connectivity index (χ1n) is 6.09. The molecule has 0 aliphatic rings. The monoisotopic (exact) mass is 275 g/mol. The topological polar surface area (TPSA) is 78.5 Å². The van der Waals surface area contributed by atoms with Crippen molar-refractivity contribution in [1.82, 2.24) is 15.8 Å². The highest BCUT2D eigenvalue weighted by Gasteiger charge is 2.12. The van der Waals surface area contributed by atoms with Crippen molar-refractivity contribution in [3.8, 4) is 0 Å². The maximum Gasteiger partial charge on any atom is 0.265 e. The normalized spacial score (nSPS) is 10.2. The molecule has 0 aliphatic heterocycles. The van der Waals surface area contributed by atoms with Gasteiger partial charge in [0.15, 0.2) is 0 Å². The van der Waals surface area contributed by atoms with E-state index in [1.54, 1.807) is 13.1 Å². The fraction of sp³-hybridized carbons (Fsp3) is 0.214. The Hall–Kier alpha value is -2.47. The predicted molar refractivity (Wildman–Crippen MR) is 75.3 cm³/mol. The van der Waals surface area contributed by atoms with Gasteiger partial charge in [-0.1, -0.05) is 30.3 Å². The number of hydrazine groups is 1. The Morgan fingerprint density at radius 1 is 1.25 bits per heavy atom. The van der Waals surface area contributed by atoms with Gasteiger partial charge in [0.2, 0.25) is 0 Å². The molecule has 2 amide bonds. The molecule has 0 bridgehead atoms. The van der Waals surface area contributed by atoms with Gasteiger partial charge in [0.25, 0.3) is 11.8 Å². The van der Waals surface area contributed by atoms with Crippen molar-refractivity contribution in [3.63, 3.8) is 0 Å². The summed E-state index contributed by atoms with van der Waals surface area (Å²) in [6.45, 7) is -0.140. The van der Waals surface area contributed by atoms with Gasteiger partial charge in [-0.2, -0.15) is 0 Å². The lowest BCUT2D eigenvalue weighted by Crippen LogP contribution is -2.48. The number of rotatable bonds is 6. The van der Waals surface area contributed by atoms with Crippen LogP contribution in [0.5, 0.6) is 0 Å². The Morgan fingerprint density at radius 3 is 2.55 bits per heavy atom. The van der Waals surface area contributed by atoms with Crippen LogP contribution in [0.2, 0.25) is 0 Å². The van der Waals surface area contributed by atoms with Crippen LogP contribution in [0.4, 0.5) is 0 Å². The van der Waals surface area contributed by atoms with Crippen LogP contribution in [0.25, 0.3) is 6.08 Å². The molecular weight excluding hydrogens is 258 g/mol. The molecule has 1 aromatic carbocycles. The molecule has 0 aliphatic carbocycles. The van der Waals surface area contributed by atoms with E-state index in [-0.39, 0.29) is 13.1 Å². The summed E-state index contributed by atoms with van der Waals surface area (Å²) in [6.07, 6.45) is 3.47. The average Bonchev–Trinajstić information content (AvgIpc) is 2.45. The van der Waals surface area contributed by atoms with Crippen molar-refractivity contribution in [2.24, 2.45) is 0 Å². The maximum absolute atomic E-state index is 11.9.